The van der Waals surface area contributed by atoms with Crippen molar-refractivity contribution in [2.75, 3.05) is 7.05 Å². The van der Waals surface area contributed by atoms with Crippen LogP contribution in [0.4, 0.5) is 0 Å². The van der Waals surface area contributed by atoms with Gasteiger partial charge in [0.2, 0.25) is 5.89 Å². The van der Waals surface area contributed by atoms with Crippen LogP contribution in [0.2, 0.25) is 0 Å². The number of nitrogens with zero attached hydrogens (tertiary/aromatic N) is 5. The van der Waals surface area contributed by atoms with E-state index >= 15 is 0 Å². The molecule has 106 valence electrons. The van der Waals surface area contributed by atoms with E-state index in [9.17, 15) is 0 Å². The summed E-state index contributed by atoms with van der Waals surface area (Å²) in [6.07, 6.45) is 7.13. The van der Waals surface area contributed by atoms with Gasteiger partial charge in [0.15, 0.2) is 5.82 Å². The van der Waals surface area contributed by atoms with Gasteiger partial charge in [-0.1, -0.05) is 11.6 Å². The zero-order valence-electron chi connectivity index (χ0n) is 11.3. The standard InChI is InChI=1S/C13H16BrN5O/c1-19(7-11-15-5-10(14)6-16-11)8-12-17-13(18-20-12)9-3-2-4-9/h5-6,9H,2-4,7-8H2,1H3. The Hall–Kier alpha value is -1.34. The molecule has 20 heavy (non-hydrogen) atoms. The Kier molecular flexibility index (Phi) is 4.07. The first kappa shape index (κ1) is 13.6. The number of hydrogen-bond donors (Lipinski definition) is 0. The largest absolute Gasteiger partial charge is 0.338 e. The first-order valence-electron chi connectivity index (χ1n) is 6.68. The molecule has 0 unspecified atom stereocenters. The number of rotatable bonds is 5. The van der Waals surface area contributed by atoms with Gasteiger partial charge in [-0.3, -0.25) is 4.90 Å². The van der Waals surface area contributed by atoms with Crippen LogP contribution < -0.4 is 0 Å². The molecule has 2 aromatic heterocycles. The molecule has 3 rings (SSSR count). The summed E-state index contributed by atoms with van der Waals surface area (Å²) < 4.78 is 6.18. The normalized spacial score (nSPS) is 15.6. The van der Waals surface area contributed by atoms with Crippen LogP contribution in [0.1, 0.15) is 42.7 Å². The summed E-state index contributed by atoms with van der Waals surface area (Å²) in [5, 5.41) is 4.06. The lowest BCUT2D eigenvalue weighted by atomic mass is 9.85. The molecule has 0 radical (unpaired) electrons. The van der Waals surface area contributed by atoms with Crippen LogP contribution in [0, 0.1) is 0 Å². The third-order valence-electron chi connectivity index (χ3n) is 3.44. The van der Waals surface area contributed by atoms with Gasteiger partial charge in [-0.15, -0.1) is 0 Å². The van der Waals surface area contributed by atoms with Gasteiger partial charge < -0.3 is 4.52 Å². The molecule has 1 aliphatic carbocycles. The topological polar surface area (TPSA) is 67.9 Å². The van der Waals surface area contributed by atoms with Gasteiger partial charge >= 0.3 is 0 Å². The minimum absolute atomic E-state index is 0.507. The van der Waals surface area contributed by atoms with E-state index in [0.29, 0.717) is 24.9 Å². The monoisotopic (exact) mass is 337 g/mol. The summed E-state index contributed by atoms with van der Waals surface area (Å²) in [6.45, 7) is 1.26. The SMILES string of the molecule is CN(Cc1ncc(Br)cn1)Cc1nc(C2CCC2)no1. The molecule has 0 bridgehead atoms. The third kappa shape index (κ3) is 3.21. The van der Waals surface area contributed by atoms with Gasteiger partial charge in [-0.2, -0.15) is 4.98 Å². The molecule has 0 atom stereocenters. The van der Waals surface area contributed by atoms with E-state index < -0.39 is 0 Å². The third-order valence-corrected chi connectivity index (χ3v) is 3.85. The molecule has 1 saturated carbocycles. The van der Waals surface area contributed by atoms with Crippen LogP contribution in [-0.4, -0.2) is 32.1 Å². The zero-order chi connectivity index (χ0) is 13.9. The molecule has 0 aromatic carbocycles. The number of halogens is 1. The summed E-state index contributed by atoms with van der Waals surface area (Å²) >= 11 is 3.32. The van der Waals surface area contributed by atoms with Gasteiger partial charge in [0.05, 0.1) is 17.6 Å². The minimum atomic E-state index is 0.507. The minimum Gasteiger partial charge on any atom is -0.338 e. The Balaban J connectivity index is 1.56. The van der Waals surface area contributed by atoms with Crippen molar-refractivity contribution < 1.29 is 4.52 Å². The molecule has 0 amide bonds. The highest BCUT2D eigenvalue weighted by atomic mass is 79.9. The summed E-state index contributed by atoms with van der Waals surface area (Å²) in [6, 6.07) is 0. The first-order chi connectivity index (χ1) is 9.70. The van der Waals surface area contributed by atoms with Gasteiger partial charge in [0.1, 0.15) is 5.82 Å². The Bertz CT molecular complexity index is 566. The van der Waals surface area contributed by atoms with Crippen molar-refractivity contribution in [3.05, 3.63) is 34.4 Å². The fraction of sp³-hybridized carbons (Fsp3) is 0.538. The van der Waals surface area contributed by atoms with Crippen molar-refractivity contribution in [2.24, 2.45) is 0 Å². The molecular weight excluding hydrogens is 322 g/mol. The average Bonchev–Trinajstić information content (AvgIpc) is 2.78. The molecule has 2 aromatic rings. The average molecular weight is 338 g/mol. The maximum Gasteiger partial charge on any atom is 0.240 e. The van der Waals surface area contributed by atoms with Crippen LogP contribution in [0.15, 0.2) is 21.4 Å². The second kappa shape index (κ2) is 5.97. The molecular formula is C13H16BrN5O. The quantitative estimate of drug-likeness (QED) is 0.835. The lowest BCUT2D eigenvalue weighted by Crippen LogP contribution is -2.19. The van der Waals surface area contributed by atoms with Gasteiger partial charge in [0.25, 0.3) is 0 Å². The highest BCUT2D eigenvalue weighted by Gasteiger charge is 2.24. The summed E-state index contributed by atoms with van der Waals surface area (Å²) in [4.78, 5) is 15.0. The van der Waals surface area contributed by atoms with E-state index in [-0.39, 0.29) is 0 Å². The molecule has 7 heteroatoms. The van der Waals surface area contributed by atoms with Crippen LogP contribution in [0.3, 0.4) is 0 Å². The molecule has 2 heterocycles. The van der Waals surface area contributed by atoms with Gasteiger partial charge in [-0.05, 0) is 35.8 Å². The van der Waals surface area contributed by atoms with E-state index in [1.165, 1.54) is 19.3 Å². The maximum absolute atomic E-state index is 5.30. The molecule has 1 fully saturated rings. The zero-order valence-corrected chi connectivity index (χ0v) is 12.9. The second-order valence-electron chi connectivity index (χ2n) is 5.16. The fourth-order valence-electron chi connectivity index (χ4n) is 2.11. The smallest absolute Gasteiger partial charge is 0.240 e. The first-order valence-corrected chi connectivity index (χ1v) is 7.47. The lowest BCUT2D eigenvalue weighted by molar-refractivity contribution is 0.254. The van der Waals surface area contributed by atoms with Crippen molar-refractivity contribution in [1.29, 1.82) is 0 Å². The molecule has 1 aliphatic rings. The fourth-order valence-corrected chi connectivity index (χ4v) is 2.32. The van der Waals surface area contributed by atoms with Gasteiger partial charge in [0, 0.05) is 18.3 Å². The molecule has 0 aliphatic heterocycles. The second-order valence-corrected chi connectivity index (χ2v) is 6.08. The van der Waals surface area contributed by atoms with E-state index in [1.54, 1.807) is 12.4 Å². The molecule has 0 saturated heterocycles. The van der Waals surface area contributed by atoms with E-state index in [2.05, 4.69) is 40.9 Å². The number of hydrogen-bond acceptors (Lipinski definition) is 6. The number of aromatic nitrogens is 4. The van der Waals surface area contributed by atoms with Crippen molar-refractivity contribution in [3.63, 3.8) is 0 Å². The molecule has 0 spiro atoms. The summed E-state index contributed by atoms with van der Waals surface area (Å²) in [5.74, 6) is 2.80. The highest BCUT2D eigenvalue weighted by Crippen LogP contribution is 2.34. The van der Waals surface area contributed by atoms with Crippen LogP contribution >= 0.6 is 15.9 Å². The van der Waals surface area contributed by atoms with E-state index in [4.69, 9.17) is 4.52 Å². The van der Waals surface area contributed by atoms with Crippen molar-refractivity contribution in [3.8, 4) is 0 Å². The Morgan fingerprint density at radius 3 is 2.70 bits per heavy atom. The molecule has 0 N–H and O–H groups in total. The Labute approximate surface area is 125 Å². The van der Waals surface area contributed by atoms with Gasteiger partial charge in [-0.25, -0.2) is 9.97 Å². The van der Waals surface area contributed by atoms with E-state index in [1.807, 2.05) is 7.05 Å². The Morgan fingerprint density at radius 2 is 2.05 bits per heavy atom. The predicted molar refractivity (Wildman–Crippen MR) is 75.8 cm³/mol. The summed E-state index contributed by atoms with van der Waals surface area (Å²) in [5.41, 5.74) is 0. The van der Waals surface area contributed by atoms with Crippen molar-refractivity contribution in [2.45, 2.75) is 38.3 Å². The predicted octanol–water partition coefficient (Wildman–Crippen LogP) is 2.52. The maximum atomic E-state index is 5.30. The van der Waals surface area contributed by atoms with Crippen molar-refractivity contribution in [1.82, 2.24) is 25.0 Å². The van der Waals surface area contributed by atoms with E-state index in [0.717, 1.165) is 16.1 Å². The van der Waals surface area contributed by atoms with Crippen LogP contribution in [0.25, 0.3) is 0 Å². The lowest BCUT2D eigenvalue weighted by Gasteiger charge is -2.21. The van der Waals surface area contributed by atoms with Crippen LogP contribution in [0.5, 0.6) is 0 Å². The summed E-state index contributed by atoms with van der Waals surface area (Å²) in [7, 11) is 1.98. The van der Waals surface area contributed by atoms with Crippen LogP contribution in [-0.2, 0) is 13.1 Å². The Morgan fingerprint density at radius 1 is 1.30 bits per heavy atom. The van der Waals surface area contributed by atoms with Crippen molar-refractivity contribution >= 4 is 15.9 Å². The molecule has 6 nitrogen and oxygen atoms in total. The highest BCUT2D eigenvalue weighted by molar-refractivity contribution is 9.10.